The van der Waals surface area contributed by atoms with Gasteiger partial charge in [-0.1, -0.05) is 24.3 Å². The molecule has 0 spiro atoms. The first-order chi connectivity index (χ1) is 10.5. The van der Waals surface area contributed by atoms with Gasteiger partial charge in [-0.2, -0.15) is 0 Å². The molecule has 3 N–H and O–H groups in total. The van der Waals surface area contributed by atoms with Crippen LogP contribution in [0, 0.1) is 0 Å². The highest BCUT2D eigenvalue weighted by molar-refractivity contribution is 6.12. The molecule has 4 heteroatoms. The number of Topliss-reactive ketones (excluding diaryl/α,β-unsaturated/α-hetero) is 1. The molecule has 0 amide bonds. The Kier molecular flexibility index (Phi) is 3.37. The van der Waals surface area contributed by atoms with E-state index < -0.39 is 5.60 Å². The van der Waals surface area contributed by atoms with Gasteiger partial charge in [-0.05, 0) is 38.1 Å². The topological polar surface area (TPSA) is 64.3 Å². The van der Waals surface area contributed by atoms with Gasteiger partial charge in [-0.3, -0.25) is 4.79 Å². The van der Waals surface area contributed by atoms with Crippen LogP contribution in [0.1, 0.15) is 24.2 Å². The first-order valence-electron chi connectivity index (χ1n) is 7.13. The van der Waals surface area contributed by atoms with Crippen LogP contribution in [0.25, 0.3) is 0 Å². The van der Waals surface area contributed by atoms with Crippen LogP contribution in [0.5, 0.6) is 5.75 Å². The van der Waals surface area contributed by atoms with Crippen molar-refractivity contribution in [1.29, 1.82) is 0 Å². The van der Waals surface area contributed by atoms with E-state index in [1.54, 1.807) is 18.3 Å². The summed E-state index contributed by atoms with van der Waals surface area (Å²) in [6, 6.07) is 14.7. The largest absolute Gasteiger partial charge is 0.482 e. The highest BCUT2D eigenvalue weighted by Gasteiger charge is 2.37. The Labute approximate surface area is 129 Å². The summed E-state index contributed by atoms with van der Waals surface area (Å²) in [7, 11) is 0. The molecule has 1 aliphatic heterocycles. The molecule has 0 unspecified atom stereocenters. The fourth-order valence-corrected chi connectivity index (χ4v) is 2.51. The Morgan fingerprint density at radius 3 is 2.55 bits per heavy atom. The van der Waals surface area contributed by atoms with Gasteiger partial charge < -0.3 is 15.8 Å². The fourth-order valence-electron chi connectivity index (χ4n) is 2.51. The number of ether oxygens (including phenoxy) is 1. The highest BCUT2D eigenvalue weighted by Crippen LogP contribution is 2.36. The van der Waals surface area contributed by atoms with Crippen molar-refractivity contribution >= 4 is 17.2 Å². The highest BCUT2D eigenvalue weighted by atomic mass is 16.5. The standard InChI is InChI=1S/C18H18N2O2/c1-18(2)13(11-20-15-9-5-4-8-14(15)19)17(21)12-7-3-6-10-16(12)22-18/h3-11,20H,19H2,1-2H3/b13-11-. The van der Waals surface area contributed by atoms with Crippen LogP contribution in [-0.4, -0.2) is 11.4 Å². The van der Waals surface area contributed by atoms with Crippen LogP contribution >= 0.6 is 0 Å². The zero-order chi connectivity index (χ0) is 15.7. The van der Waals surface area contributed by atoms with E-state index in [1.165, 1.54) is 0 Å². The number of ketones is 1. The lowest BCUT2D eigenvalue weighted by Crippen LogP contribution is -2.39. The van der Waals surface area contributed by atoms with Gasteiger partial charge >= 0.3 is 0 Å². The van der Waals surface area contributed by atoms with Crippen LogP contribution in [-0.2, 0) is 0 Å². The number of para-hydroxylation sites is 3. The molecule has 112 valence electrons. The van der Waals surface area contributed by atoms with Crippen molar-refractivity contribution in [3.8, 4) is 5.75 Å². The molecule has 1 heterocycles. The smallest absolute Gasteiger partial charge is 0.198 e. The third-order valence-electron chi connectivity index (χ3n) is 3.72. The SMILES string of the molecule is CC1(C)Oc2ccccc2C(=O)/C1=C/Nc1ccccc1N. The predicted octanol–water partition coefficient (Wildman–Crippen LogP) is 3.62. The molecule has 4 nitrogen and oxygen atoms in total. The van der Waals surface area contributed by atoms with Gasteiger partial charge in [-0.25, -0.2) is 0 Å². The van der Waals surface area contributed by atoms with E-state index in [9.17, 15) is 4.79 Å². The molecule has 0 atom stereocenters. The Hall–Kier alpha value is -2.75. The zero-order valence-corrected chi connectivity index (χ0v) is 12.6. The Morgan fingerprint density at radius 1 is 1.09 bits per heavy atom. The van der Waals surface area contributed by atoms with Gasteiger partial charge in [0.05, 0.1) is 22.5 Å². The number of nitrogens with two attached hydrogens (primary N) is 1. The molecule has 0 saturated carbocycles. The summed E-state index contributed by atoms with van der Waals surface area (Å²) in [4.78, 5) is 12.7. The number of nitrogen functional groups attached to an aromatic ring is 1. The lowest BCUT2D eigenvalue weighted by Gasteiger charge is -2.34. The number of carbonyl (C=O) groups excluding carboxylic acids is 1. The van der Waals surface area contributed by atoms with Crippen LogP contribution in [0.4, 0.5) is 11.4 Å². The second-order valence-electron chi connectivity index (χ2n) is 5.73. The molecular formula is C18H18N2O2. The van der Waals surface area contributed by atoms with Crippen molar-refractivity contribution < 1.29 is 9.53 Å². The van der Waals surface area contributed by atoms with Crippen molar-refractivity contribution in [2.24, 2.45) is 0 Å². The van der Waals surface area contributed by atoms with Gasteiger partial charge in [-0.15, -0.1) is 0 Å². The average molecular weight is 294 g/mol. The predicted molar refractivity (Wildman–Crippen MR) is 88.0 cm³/mol. The van der Waals surface area contributed by atoms with Gasteiger partial charge in [0.25, 0.3) is 0 Å². The second kappa shape index (κ2) is 5.22. The summed E-state index contributed by atoms with van der Waals surface area (Å²) in [6.07, 6.45) is 1.68. The lowest BCUT2D eigenvalue weighted by atomic mass is 9.88. The number of nitrogens with one attached hydrogen (secondary N) is 1. The maximum Gasteiger partial charge on any atom is 0.198 e. The molecule has 22 heavy (non-hydrogen) atoms. The number of hydrogen-bond acceptors (Lipinski definition) is 4. The van der Waals surface area contributed by atoms with E-state index in [-0.39, 0.29) is 5.78 Å². The summed E-state index contributed by atoms with van der Waals surface area (Å²) < 4.78 is 5.96. The van der Waals surface area contributed by atoms with Crippen LogP contribution in [0.15, 0.2) is 60.3 Å². The fraction of sp³-hybridized carbons (Fsp3) is 0.167. The van der Waals surface area contributed by atoms with E-state index in [4.69, 9.17) is 10.5 Å². The molecule has 0 saturated heterocycles. The molecule has 0 aliphatic carbocycles. The minimum atomic E-state index is -0.706. The molecule has 3 rings (SSSR count). The molecule has 0 radical (unpaired) electrons. The van der Waals surface area contributed by atoms with E-state index in [0.29, 0.717) is 22.6 Å². The molecule has 0 fully saturated rings. The molecule has 0 bridgehead atoms. The lowest BCUT2D eigenvalue weighted by molar-refractivity contribution is 0.0856. The maximum atomic E-state index is 12.7. The van der Waals surface area contributed by atoms with E-state index >= 15 is 0 Å². The zero-order valence-electron chi connectivity index (χ0n) is 12.6. The summed E-state index contributed by atoms with van der Waals surface area (Å²) in [5.41, 5.74) is 7.73. The van der Waals surface area contributed by atoms with Crippen molar-refractivity contribution in [3.05, 3.63) is 65.9 Å². The first-order valence-corrected chi connectivity index (χ1v) is 7.13. The third-order valence-corrected chi connectivity index (χ3v) is 3.72. The maximum absolute atomic E-state index is 12.7. The number of rotatable bonds is 2. The van der Waals surface area contributed by atoms with Crippen LogP contribution in [0.3, 0.4) is 0 Å². The van der Waals surface area contributed by atoms with Gasteiger partial charge in [0.2, 0.25) is 0 Å². The second-order valence-corrected chi connectivity index (χ2v) is 5.73. The van der Waals surface area contributed by atoms with Gasteiger partial charge in [0, 0.05) is 6.20 Å². The molecule has 2 aromatic carbocycles. The molecule has 1 aliphatic rings. The number of hydrogen-bond donors (Lipinski definition) is 2. The van der Waals surface area contributed by atoms with Gasteiger partial charge in [0.15, 0.2) is 5.78 Å². The summed E-state index contributed by atoms with van der Waals surface area (Å²) in [5, 5.41) is 3.11. The Morgan fingerprint density at radius 2 is 1.77 bits per heavy atom. The number of fused-ring (bicyclic) bond motifs is 1. The van der Waals surface area contributed by atoms with Crippen molar-refractivity contribution in [1.82, 2.24) is 0 Å². The van der Waals surface area contributed by atoms with Crippen molar-refractivity contribution in [2.75, 3.05) is 11.1 Å². The van der Waals surface area contributed by atoms with Crippen molar-refractivity contribution in [3.63, 3.8) is 0 Å². The molecule has 0 aromatic heterocycles. The molecular weight excluding hydrogens is 276 g/mol. The normalized spacial score (nSPS) is 17.7. The summed E-state index contributed by atoms with van der Waals surface area (Å²) in [5.74, 6) is 0.586. The van der Waals surface area contributed by atoms with E-state index in [2.05, 4.69) is 5.32 Å². The first kappa shape index (κ1) is 14.2. The Bertz CT molecular complexity index is 763. The number of anilines is 2. The summed E-state index contributed by atoms with van der Waals surface area (Å²) >= 11 is 0. The minimum absolute atomic E-state index is 0.0335. The Balaban J connectivity index is 1.98. The minimum Gasteiger partial charge on any atom is -0.482 e. The van der Waals surface area contributed by atoms with Crippen LogP contribution < -0.4 is 15.8 Å². The van der Waals surface area contributed by atoms with E-state index in [1.807, 2.05) is 50.2 Å². The average Bonchev–Trinajstić information content (AvgIpc) is 2.48. The number of carbonyl (C=O) groups is 1. The van der Waals surface area contributed by atoms with Gasteiger partial charge in [0.1, 0.15) is 11.4 Å². The summed E-state index contributed by atoms with van der Waals surface area (Å²) in [6.45, 7) is 3.76. The molecule has 2 aromatic rings. The number of benzene rings is 2. The third kappa shape index (κ3) is 2.44. The van der Waals surface area contributed by atoms with Crippen LogP contribution in [0.2, 0.25) is 0 Å². The van der Waals surface area contributed by atoms with E-state index in [0.717, 1.165) is 5.69 Å². The quantitative estimate of drug-likeness (QED) is 0.656. The monoisotopic (exact) mass is 294 g/mol. The van der Waals surface area contributed by atoms with Crippen molar-refractivity contribution in [2.45, 2.75) is 19.4 Å².